The fourth-order valence-electron chi connectivity index (χ4n) is 5.36. The number of carbonyl (C=O) groups is 2. The Morgan fingerprint density at radius 1 is 1.00 bits per heavy atom. The van der Waals surface area contributed by atoms with Crippen molar-refractivity contribution in [1.82, 2.24) is 15.1 Å². The zero-order valence-electron chi connectivity index (χ0n) is 22.2. The van der Waals surface area contributed by atoms with Crippen LogP contribution in [0.25, 0.3) is 0 Å². The number of aliphatic imine (C=N–C) groups is 1. The number of piperazine rings is 1. The molecule has 206 valence electrons. The number of ether oxygens (including phenoxy) is 1. The van der Waals surface area contributed by atoms with Crippen molar-refractivity contribution >= 4 is 23.5 Å². The van der Waals surface area contributed by atoms with Crippen LogP contribution in [0, 0.1) is 16.0 Å². The average molecular weight is 542 g/mol. The predicted molar refractivity (Wildman–Crippen MR) is 149 cm³/mol. The highest BCUT2D eigenvalue weighted by Gasteiger charge is 2.42. The number of esters is 1. The molecule has 1 fully saturated rings. The van der Waals surface area contributed by atoms with E-state index in [1.165, 1.54) is 29.3 Å². The van der Waals surface area contributed by atoms with Gasteiger partial charge in [-0.1, -0.05) is 72.8 Å². The summed E-state index contributed by atoms with van der Waals surface area (Å²) in [6.45, 7) is 4.39. The summed E-state index contributed by atoms with van der Waals surface area (Å²) in [4.78, 5) is 46.1. The summed E-state index contributed by atoms with van der Waals surface area (Å²) in [7, 11) is 0. The van der Waals surface area contributed by atoms with Crippen LogP contribution in [0.1, 0.15) is 35.7 Å². The lowest BCUT2D eigenvalue weighted by Crippen LogP contribution is -2.57. The van der Waals surface area contributed by atoms with Gasteiger partial charge in [0, 0.05) is 38.3 Å². The predicted octanol–water partition coefficient (Wildman–Crippen LogP) is 3.71. The largest absolute Gasteiger partial charge is 0.465 e. The summed E-state index contributed by atoms with van der Waals surface area (Å²) in [6.07, 6.45) is 0. The molecule has 0 aliphatic carbocycles. The van der Waals surface area contributed by atoms with Crippen LogP contribution in [-0.2, 0) is 14.3 Å². The van der Waals surface area contributed by atoms with Gasteiger partial charge in [0.05, 0.1) is 17.6 Å². The number of nitro groups is 1. The van der Waals surface area contributed by atoms with E-state index in [-0.39, 0.29) is 18.3 Å². The first-order valence-electron chi connectivity index (χ1n) is 13.3. The lowest BCUT2D eigenvalue weighted by molar-refractivity contribution is -0.384. The van der Waals surface area contributed by atoms with Crippen molar-refractivity contribution in [3.8, 4) is 0 Å². The number of benzene rings is 3. The number of non-ortho nitro benzene ring substituents is 1. The number of nitrogens with zero attached hydrogens (tertiary/aromatic N) is 4. The first-order chi connectivity index (χ1) is 19.5. The Labute approximate surface area is 232 Å². The van der Waals surface area contributed by atoms with Crippen LogP contribution in [0.3, 0.4) is 0 Å². The van der Waals surface area contributed by atoms with Gasteiger partial charge in [-0.2, -0.15) is 0 Å². The van der Waals surface area contributed by atoms with Gasteiger partial charge in [0.2, 0.25) is 11.9 Å². The van der Waals surface area contributed by atoms with E-state index < -0.39 is 28.8 Å². The topological polar surface area (TPSA) is 117 Å². The van der Waals surface area contributed by atoms with Crippen molar-refractivity contribution < 1.29 is 19.2 Å². The second kappa shape index (κ2) is 12.1. The Kier molecular flexibility index (Phi) is 8.16. The summed E-state index contributed by atoms with van der Waals surface area (Å²) in [6, 6.07) is 25.8. The molecule has 2 aliphatic heterocycles. The molecule has 2 heterocycles. The van der Waals surface area contributed by atoms with Crippen LogP contribution < -0.4 is 5.32 Å². The molecule has 2 aliphatic rings. The third-order valence-electron chi connectivity index (χ3n) is 7.27. The highest BCUT2D eigenvalue weighted by atomic mass is 16.6. The van der Waals surface area contributed by atoms with E-state index in [4.69, 9.17) is 9.73 Å². The molecule has 3 aromatic rings. The lowest BCUT2D eigenvalue weighted by atomic mass is 9.91. The van der Waals surface area contributed by atoms with E-state index >= 15 is 0 Å². The molecule has 5 rings (SSSR count). The van der Waals surface area contributed by atoms with Gasteiger partial charge < -0.3 is 9.64 Å². The normalized spacial score (nSPS) is 19.6. The van der Waals surface area contributed by atoms with Gasteiger partial charge in [-0.05, 0) is 23.6 Å². The summed E-state index contributed by atoms with van der Waals surface area (Å²) in [5.74, 6) is -2.13. The van der Waals surface area contributed by atoms with Crippen molar-refractivity contribution in [2.75, 3.05) is 32.8 Å². The van der Waals surface area contributed by atoms with E-state index in [1.54, 1.807) is 13.0 Å². The smallest absolute Gasteiger partial charge is 0.321 e. The molecule has 0 radical (unpaired) electrons. The first-order valence-corrected chi connectivity index (χ1v) is 13.3. The second-order valence-electron chi connectivity index (χ2n) is 9.72. The molecule has 1 saturated heterocycles. The molecule has 40 heavy (non-hydrogen) atoms. The fraction of sp³-hybridized carbons (Fsp3) is 0.300. The minimum Gasteiger partial charge on any atom is -0.465 e. The molecule has 10 nitrogen and oxygen atoms in total. The van der Waals surface area contributed by atoms with Crippen molar-refractivity contribution in [1.29, 1.82) is 0 Å². The van der Waals surface area contributed by atoms with Crippen LogP contribution in [0.4, 0.5) is 5.69 Å². The van der Waals surface area contributed by atoms with E-state index in [0.29, 0.717) is 37.7 Å². The highest BCUT2D eigenvalue weighted by molar-refractivity contribution is 6.08. The number of nitrogens with one attached hydrogen (secondary N) is 1. The summed E-state index contributed by atoms with van der Waals surface area (Å²) >= 11 is 0. The van der Waals surface area contributed by atoms with Crippen LogP contribution >= 0.6 is 0 Å². The van der Waals surface area contributed by atoms with Gasteiger partial charge in [-0.15, -0.1) is 0 Å². The van der Waals surface area contributed by atoms with Gasteiger partial charge in [0.1, 0.15) is 6.04 Å². The Morgan fingerprint density at radius 3 is 2.20 bits per heavy atom. The maximum absolute atomic E-state index is 13.2. The van der Waals surface area contributed by atoms with E-state index in [9.17, 15) is 19.7 Å². The molecule has 1 N–H and O–H groups in total. The van der Waals surface area contributed by atoms with Crippen LogP contribution in [-0.4, -0.2) is 65.3 Å². The van der Waals surface area contributed by atoms with Gasteiger partial charge in [-0.3, -0.25) is 29.9 Å². The molecule has 0 bridgehead atoms. The quantitative estimate of drug-likeness (QED) is 0.210. The van der Waals surface area contributed by atoms with E-state index in [2.05, 4.69) is 34.5 Å². The zero-order chi connectivity index (χ0) is 28.1. The molecule has 1 amide bonds. The maximum atomic E-state index is 13.2. The zero-order valence-corrected chi connectivity index (χ0v) is 22.2. The molecular formula is C30H31N5O5. The molecule has 0 unspecified atom stereocenters. The number of nitro benzene ring substituents is 1. The summed E-state index contributed by atoms with van der Waals surface area (Å²) < 4.78 is 5.16. The van der Waals surface area contributed by atoms with Crippen LogP contribution in [0.2, 0.25) is 0 Å². The summed E-state index contributed by atoms with van der Waals surface area (Å²) in [5, 5.41) is 14.2. The lowest BCUT2D eigenvalue weighted by Gasteiger charge is -2.42. The minimum absolute atomic E-state index is 0.0817. The third kappa shape index (κ3) is 5.72. The summed E-state index contributed by atoms with van der Waals surface area (Å²) in [5.41, 5.74) is 2.68. The monoisotopic (exact) mass is 541 g/mol. The molecule has 0 saturated carbocycles. The standard InChI is InChI=1S/C30H31N5O5/c1-2-40-29(37)25-26(23-14-9-15-24(20-23)35(38)39)31-30(32-28(25)36)34-18-16-33(17-19-34)27(21-10-5-3-6-11-21)22-12-7-4-8-13-22/h3-15,20,25-27H,2,16-19H2,1H3,(H,31,32,36)/t25-,26-/m0/s1. The fourth-order valence-corrected chi connectivity index (χ4v) is 5.36. The Hall–Kier alpha value is -4.57. The molecule has 2 atom stereocenters. The second-order valence-corrected chi connectivity index (χ2v) is 9.72. The Bertz CT molecular complexity index is 1350. The molecule has 3 aromatic carbocycles. The van der Waals surface area contributed by atoms with E-state index in [1.807, 2.05) is 41.3 Å². The minimum atomic E-state index is -1.24. The number of amides is 1. The van der Waals surface area contributed by atoms with Crippen LogP contribution in [0.15, 0.2) is 89.9 Å². The maximum Gasteiger partial charge on any atom is 0.321 e. The first kappa shape index (κ1) is 27.0. The van der Waals surface area contributed by atoms with Gasteiger partial charge >= 0.3 is 5.97 Å². The van der Waals surface area contributed by atoms with Crippen molar-refractivity contribution in [3.63, 3.8) is 0 Å². The molecule has 0 spiro atoms. The third-order valence-corrected chi connectivity index (χ3v) is 7.27. The molecule has 10 heteroatoms. The number of carbonyl (C=O) groups excluding carboxylic acids is 2. The Morgan fingerprint density at radius 2 is 1.62 bits per heavy atom. The number of hydrogen-bond acceptors (Lipinski definition) is 8. The van der Waals surface area contributed by atoms with Crippen molar-refractivity contribution in [2.45, 2.75) is 19.0 Å². The Balaban J connectivity index is 1.40. The van der Waals surface area contributed by atoms with E-state index in [0.717, 1.165) is 0 Å². The van der Waals surface area contributed by atoms with Gasteiger partial charge in [0.25, 0.3) is 5.69 Å². The average Bonchev–Trinajstić information content (AvgIpc) is 2.98. The number of guanidine groups is 1. The molecule has 0 aromatic heterocycles. The number of hydrogen-bond donors (Lipinski definition) is 1. The van der Waals surface area contributed by atoms with Gasteiger partial charge in [-0.25, -0.2) is 4.99 Å². The van der Waals surface area contributed by atoms with Crippen LogP contribution in [0.5, 0.6) is 0 Å². The highest BCUT2D eigenvalue weighted by Crippen LogP contribution is 2.34. The number of rotatable bonds is 7. The SMILES string of the molecule is CCOC(=O)[C@@H]1C(=O)NC(N2CCN(C(c3ccccc3)c3ccccc3)CC2)=N[C@H]1c1cccc([N+](=O)[O-])c1. The molecular weight excluding hydrogens is 510 g/mol. The van der Waals surface area contributed by atoms with Crippen molar-refractivity contribution in [2.24, 2.45) is 10.9 Å². The van der Waals surface area contributed by atoms with Gasteiger partial charge in [0.15, 0.2) is 5.92 Å². The van der Waals surface area contributed by atoms with Crippen molar-refractivity contribution in [3.05, 3.63) is 112 Å².